The second kappa shape index (κ2) is 5.78. The molecule has 0 amide bonds. The number of carbonyl (C=O) groups is 1. The van der Waals surface area contributed by atoms with Gasteiger partial charge in [0.25, 0.3) is 0 Å². The summed E-state index contributed by atoms with van der Waals surface area (Å²) in [6, 6.07) is 3.20. The number of rotatable bonds is 2. The Hall–Kier alpha value is -2.45. The number of piperazine rings is 1. The summed E-state index contributed by atoms with van der Waals surface area (Å²) in [5.41, 5.74) is -0.0775. The topological polar surface area (TPSA) is 74.0 Å². The number of nitrogens with zero attached hydrogens (tertiary/aromatic N) is 2. The molecule has 8 heteroatoms. The Labute approximate surface area is 152 Å². The highest BCUT2D eigenvalue weighted by Gasteiger charge is 2.26. The summed E-state index contributed by atoms with van der Waals surface area (Å²) in [6.07, 6.45) is 0. The molecule has 0 bridgehead atoms. The second-order valence-corrected chi connectivity index (χ2v) is 7.90. The van der Waals surface area contributed by atoms with Gasteiger partial charge in [0, 0.05) is 25.2 Å². The summed E-state index contributed by atoms with van der Waals surface area (Å²) in [5.74, 6) is -1.83. The number of aromatic nitrogens is 1. The molecule has 1 saturated heterocycles. The number of fused-ring (bicyclic) bond motifs is 3. The van der Waals surface area contributed by atoms with Gasteiger partial charge in [0.1, 0.15) is 16.2 Å². The van der Waals surface area contributed by atoms with Crippen LogP contribution in [-0.2, 0) is 0 Å². The summed E-state index contributed by atoms with van der Waals surface area (Å²) in [6.45, 7) is 9.25. The molecular weight excluding hydrogens is 357 g/mol. The van der Waals surface area contributed by atoms with Crippen molar-refractivity contribution in [2.75, 3.05) is 18.0 Å². The van der Waals surface area contributed by atoms with Crippen molar-refractivity contribution in [3.05, 3.63) is 38.4 Å². The number of hydrogen-bond donors (Lipinski definition) is 2. The van der Waals surface area contributed by atoms with Crippen molar-refractivity contribution in [3.63, 3.8) is 0 Å². The zero-order valence-electron chi connectivity index (χ0n) is 14.4. The third-order valence-electron chi connectivity index (χ3n) is 4.77. The van der Waals surface area contributed by atoms with Crippen LogP contribution in [0.4, 0.5) is 10.1 Å². The number of hydrogen-bond acceptors (Lipinski definition) is 5. The van der Waals surface area contributed by atoms with Gasteiger partial charge in [0.15, 0.2) is 0 Å². The highest BCUT2D eigenvalue weighted by atomic mass is 32.1. The van der Waals surface area contributed by atoms with E-state index in [2.05, 4.69) is 11.9 Å². The number of carboxylic acids is 1. The van der Waals surface area contributed by atoms with Crippen molar-refractivity contribution >= 4 is 45.3 Å². The minimum absolute atomic E-state index is 0.0603. The highest BCUT2D eigenvalue weighted by Crippen LogP contribution is 2.28. The summed E-state index contributed by atoms with van der Waals surface area (Å²) < 4.78 is 17.1. The van der Waals surface area contributed by atoms with Crippen LogP contribution in [0, 0.1) is 5.82 Å². The van der Waals surface area contributed by atoms with E-state index in [1.165, 1.54) is 0 Å². The Kier molecular flexibility index (Phi) is 3.78. The fraction of sp³-hybridized carbons (Fsp3) is 0.333. The van der Waals surface area contributed by atoms with E-state index in [1.807, 2.05) is 18.7 Å². The van der Waals surface area contributed by atoms with Crippen LogP contribution in [0.2, 0.25) is 0 Å². The normalized spacial score (nSPS) is 21.0. The number of carboxylic acid groups (broad SMARTS) is 1. The zero-order chi connectivity index (χ0) is 18.7. The fourth-order valence-electron chi connectivity index (χ4n) is 3.79. The first-order valence-electron chi connectivity index (χ1n) is 8.31. The first kappa shape index (κ1) is 17.0. The monoisotopic (exact) mass is 375 g/mol. The molecule has 0 spiro atoms. The summed E-state index contributed by atoms with van der Waals surface area (Å²) in [7, 11) is 0. The molecule has 1 fully saturated rings. The maximum absolute atomic E-state index is 14.8. The smallest absolute Gasteiger partial charge is 0.342 e. The lowest BCUT2D eigenvalue weighted by Crippen LogP contribution is -2.54. The van der Waals surface area contributed by atoms with E-state index in [1.54, 1.807) is 10.5 Å². The lowest BCUT2D eigenvalue weighted by atomic mass is 10.1. The van der Waals surface area contributed by atoms with Crippen LogP contribution >= 0.6 is 11.3 Å². The van der Waals surface area contributed by atoms with Crippen molar-refractivity contribution in [1.29, 1.82) is 0 Å². The van der Waals surface area contributed by atoms with E-state index in [-0.39, 0.29) is 23.0 Å². The summed E-state index contributed by atoms with van der Waals surface area (Å²) in [4.78, 5) is 26.4. The first-order valence-corrected chi connectivity index (χ1v) is 9.13. The van der Waals surface area contributed by atoms with Gasteiger partial charge >= 0.3 is 5.97 Å². The third-order valence-corrected chi connectivity index (χ3v) is 5.77. The van der Waals surface area contributed by atoms with Gasteiger partial charge < -0.3 is 15.3 Å². The van der Waals surface area contributed by atoms with Gasteiger partial charge in [-0.1, -0.05) is 17.9 Å². The molecule has 2 N–H and O–H groups in total. The molecule has 3 heterocycles. The van der Waals surface area contributed by atoms with E-state index in [9.17, 15) is 19.1 Å². The Balaban J connectivity index is 2.00. The van der Waals surface area contributed by atoms with Crippen LogP contribution in [0.1, 0.15) is 24.2 Å². The van der Waals surface area contributed by atoms with Crippen LogP contribution < -0.4 is 20.3 Å². The zero-order valence-corrected chi connectivity index (χ0v) is 15.2. The van der Waals surface area contributed by atoms with Gasteiger partial charge in [-0.2, -0.15) is 0 Å². The SMILES string of the molecule is C=c1sc2c(C(=O)O)c(=O)c3cc(F)c(N4CC(C)NC(C)C4)cc3n12. The van der Waals surface area contributed by atoms with Crippen molar-refractivity contribution in [1.82, 2.24) is 9.72 Å². The molecular formula is C18H18FN3O3S. The molecule has 0 radical (unpaired) electrons. The van der Waals surface area contributed by atoms with Gasteiger partial charge in [-0.3, -0.25) is 9.20 Å². The largest absolute Gasteiger partial charge is 0.477 e. The lowest BCUT2D eigenvalue weighted by molar-refractivity contribution is 0.0697. The van der Waals surface area contributed by atoms with Crippen LogP contribution in [0.15, 0.2) is 16.9 Å². The highest BCUT2D eigenvalue weighted by molar-refractivity contribution is 7.17. The number of aromatic carboxylic acids is 1. The molecule has 2 aromatic heterocycles. The van der Waals surface area contributed by atoms with Gasteiger partial charge in [-0.05, 0) is 26.0 Å². The molecule has 136 valence electrons. The molecule has 0 saturated carbocycles. The fourth-order valence-corrected chi connectivity index (χ4v) is 4.74. The second-order valence-electron chi connectivity index (χ2n) is 6.84. The minimum Gasteiger partial charge on any atom is -0.477 e. The van der Waals surface area contributed by atoms with E-state index in [0.29, 0.717) is 33.8 Å². The number of nitrogens with one attached hydrogen (secondary N) is 1. The van der Waals surface area contributed by atoms with Crippen LogP contribution in [0.5, 0.6) is 0 Å². The standard InChI is InChI=1S/C18H18FN3O3S/c1-8-6-21(7-9(2)20-8)14-5-13-11(4-12(14)19)16(23)15(18(24)25)17-22(13)10(3)26-17/h4-5,8-9,20H,3,6-7H2,1-2H3,(H,24,25). The Morgan fingerprint density at radius 2 is 2.00 bits per heavy atom. The molecule has 6 nitrogen and oxygen atoms in total. The molecule has 2 unspecified atom stereocenters. The van der Waals surface area contributed by atoms with Crippen molar-refractivity contribution in [2.45, 2.75) is 25.9 Å². The van der Waals surface area contributed by atoms with Crippen molar-refractivity contribution < 1.29 is 14.3 Å². The van der Waals surface area contributed by atoms with E-state index < -0.39 is 17.2 Å². The van der Waals surface area contributed by atoms with Crippen LogP contribution in [0.3, 0.4) is 0 Å². The number of pyridine rings is 1. The van der Waals surface area contributed by atoms with Gasteiger partial charge in [0.05, 0.1) is 21.3 Å². The predicted molar refractivity (Wildman–Crippen MR) is 101 cm³/mol. The molecule has 1 aromatic carbocycles. The first-order chi connectivity index (χ1) is 12.3. The molecule has 2 atom stereocenters. The van der Waals surface area contributed by atoms with Crippen molar-refractivity contribution in [3.8, 4) is 0 Å². The Bertz CT molecular complexity index is 1140. The van der Waals surface area contributed by atoms with E-state index in [0.717, 1.165) is 17.4 Å². The average molecular weight is 375 g/mol. The van der Waals surface area contributed by atoms with Crippen molar-refractivity contribution in [2.24, 2.45) is 0 Å². The van der Waals surface area contributed by atoms with Crippen LogP contribution in [-0.4, -0.2) is 40.6 Å². The summed E-state index contributed by atoms with van der Waals surface area (Å²) >= 11 is 1.15. The van der Waals surface area contributed by atoms with Gasteiger partial charge in [-0.15, -0.1) is 0 Å². The Morgan fingerprint density at radius 1 is 1.35 bits per heavy atom. The van der Waals surface area contributed by atoms with E-state index in [4.69, 9.17) is 0 Å². The molecule has 1 aliphatic rings. The molecule has 4 rings (SSSR count). The predicted octanol–water partition coefficient (Wildman–Crippen LogP) is 1.67. The number of benzene rings is 1. The Morgan fingerprint density at radius 3 is 2.58 bits per heavy atom. The van der Waals surface area contributed by atoms with E-state index >= 15 is 0 Å². The molecule has 3 aromatic rings. The maximum Gasteiger partial charge on any atom is 0.342 e. The average Bonchev–Trinajstić information content (AvgIpc) is 2.53. The van der Waals surface area contributed by atoms with Crippen LogP contribution in [0.25, 0.3) is 22.3 Å². The lowest BCUT2D eigenvalue weighted by Gasteiger charge is -2.37. The molecule has 26 heavy (non-hydrogen) atoms. The van der Waals surface area contributed by atoms with Gasteiger partial charge in [0.2, 0.25) is 5.43 Å². The molecule has 1 aliphatic heterocycles. The quantitative estimate of drug-likeness (QED) is 0.713. The maximum atomic E-state index is 14.8. The summed E-state index contributed by atoms with van der Waals surface area (Å²) in [5, 5.41) is 12.8. The number of halogens is 1. The minimum atomic E-state index is -1.31. The number of anilines is 1. The van der Waals surface area contributed by atoms with Gasteiger partial charge in [-0.25, -0.2) is 9.18 Å². The third kappa shape index (κ3) is 2.40. The molecule has 0 aliphatic carbocycles.